The molecule has 0 amide bonds. The number of hydrogen-bond donors (Lipinski definition) is 3. The van der Waals surface area contributed by atoms with Crippen LogP contribution in [-0.2, 0) is 0 Å². The third-order valence-corrected chi connectivity index (χ3v) is 3.72. The SMILES string of the molecule is c1ccc2c(-c3n[nH]c([C@H]4CCCN4)n3)c[nH]c2c1. The van der Waals surface area contributed by atoms with E-state index >= 15 is 0 Å². The summed E-state index contributed by atoms with van der Waals surface area (Å²) < 4.78 is 0. The van der Waals surface area contributed by atoms with Gasteiger partial charge in [-0.2, -0.15) is 5.10 Å². The fourth-order valence-electron chi connectivity index (χ4n) is 2.73. The van der Waals surface area contributed by atoms with Gasteiger partial charge in [0.25, 0.3) is 0 Å². The maximum atomic E-state index is 4.64. The number of nitrogens with one attached hydrogen (secondary N) is 3. The van der Waals surface area contributed by atoms with Gasteiger partial charge in [0.2, 0.25) is 0 Å². The van der Waals surface area contributed by atoms with E-state index in [0.29, 0.717) is 6.04 Å². The minimum atomic E-state index is 0.325. The molecule has 1 aromatic carbocycles. The lowest BCUT2D eigenvalue weighted by atomic mass is 10.1. The molecule has 0 saturated carbocycles. The van der Waals surface area contributed by atoms with E-state index in [2.05, 4.69) is 37.6 Å². The van der Waals surface area contributed by atoms with Gasteiger partial charge >= 0.3 is 0 Å². The summed E-state index contributed by atoms with van der Waals surface area (Å²) in [4.78, 5) is 7.89. The molecule has 4 rings (SSSR count). The third-order valence-electron chi connectivity index (χ3n) is 3.72. The minimum Gasteiger partial charge on any atom is -0.360 e. The molecule has 19 heavy (non-hydrogen) atoms. The average molecular weight is 253 g/mol. The van der Waals surface area contributed by atoms with E-state index < -0.39 is 0 Å². The molecule has 5 nitrogen and oxygen atoms in total. The summed E-state index contributed by atoms with van der Waals surface area (Å²) in [6.45, 7) is 1.06. The molecule has 0 radical (unpaired) electrons. The van der Waals surface area contributed by atoms with Crippen molar-refractivity contribution in [3.05, 3.63) is 36.3 Å². The number of aromatic amines is 2. The normalized spacial score (nSPS) is 19.3. The Morgan fingerprint density at radius 2 is 2.16 bits per heavy atom. The first-order valence-electron chi connectivity index (χ1n) is 6.64. The molecule has 1 atom stereocenters. The highest BCUT2D eigenvalue weighted by atomic mass is 15.2. The van der Waals surface area contributed by atoms with Gasteiger partial charge < -0.3 is 10.3 Å². The van der Waals surface area contributed by atoms with E-state index in [1.54, 1.807) is 0 Å². The number of para-hydroxylation sites is 1. The molecule has 0 bridgehead atoms. The van der Waals surface area contributed by atoms with Crippen molar-refractivity contribution in [1.82, 2.24) is 25.5 Å². The lowest BCUT2D eigenvalue weighted by molar-refractivity contribution is 0.608. The molecule has 96 valence electrons. The van der Waals surface area contributed by atoms with Gasteiger partial charge in [-0.1, -0.05) is 18.2 Å². The van der Waals surface area contributed by atoms with Crippen molar-refractivity contribution < 1.29 is 0 Å². The Morgan fingerprint density at radius 3 is 3.05 bits per heavy atom. The predicted octanol–water partition coefficient (Wildman–Crippen LogP) is 2.38. The van der Waals surface area contributed by atoms with Crippen LogP contribution in [0.5, 0.6) is 0 Å². The van der Waals surface area contributed by atoms with Crippen molar-refractivity contribution in [2.75, 3.05) is 6.54 Å². The Balaban J connectivity index is 1.76. The molecule has 3 aromatic rings. The number of H-pyrrole nitrogens is 2. The third kappa shape index (κ3) is 1.74. The number of benzene rings is 1. The van der Waals surface area contributed by atoms with E-state index in [4.69, 9.17) is 0 Å². The second-order valence-electron chi connectivity index (χ2n) is 4.94. The van der Waals surface area contributed by atoms with Gasteiger partial charge in [-0.3, -0.25) is 5.10 Å². The maximum absolute atomic E-state index is 4.64. The molecule has 1 aliphatic heterocycles. The zero-order valence-corrected chi connectivity index (χ0v) is 10.5. The molecule has 3 heterocycles. The highest BCUT2D eigenvalue weighted by molar-refractivity contribution is 5.93. The Morgan fingerprint density at radius 1 is 1.21 bits per heavy atom. The van der Waals surface area contributed by atoms with Gasteiger partial charge in [0.15, 0.2) is 5.82 Å². The van der Waals surface area contributed by atoms with Gasteiger partial charge in [0.1, 0.15) is 5.82 Å². The Hall–Kier alpha value is -2.14. The van der Waals surface area contributed by atoms with Gasteiger partial charge in [-0.25, -0.2) is 4.98 Å². The van der Waals surface area contributed by atoms with Crippen LogP contribution >= 0.6 is 0 Å². The molecule has 0 unspecified atom stereocenters. The van der Waals surface area contributed by atoms with Crippen molar-refractivity contribution in [3.8, 4) is 11.4 Å². The van der Waals surface area contributed by atoms with Crippen molar-refractivity contribution in [3.63, 3.8) is 0 Å². The lowest BCUT2D eigenvalue weighted by Gasteiger charge is -2.03. The van der Waals surface area contributed by atoms with E-state index in [0.717, 1.165) is 41.1 Å². The predicted molar refractivity (Wildman–Crippen MR) is 73.7 cm³/mol. The zero-order valence-electron chi connectivity index (χ0n) is 10.5. The van der Waals surface area contributed by atoms with Crippen LogP contribution in [0.1, 0.15) is 24.7 Å². The van der Waals surface area contributed by atoms with Gasteiger partial charge in [-0.15, -0.1) is 0 Å². The first kappa shape index (κ1) is 10.8. The molecule has 1 aliphatic rings. The summed E-state index contributed by atoms with van der Waals surface area (Å²) in [7, 11) is 0. The van der Waals surface area contributed by atoms with Gasteiger partial charge in [0.05, 0.1) is 6.04 Å². The summed E-state index contributed by atoms with van der Waals surface area (Å²) in [5.74, 6) is 1.71. The largest absolute Gasteiger partial charge is 0.360 e. The summed E-state index contributed by atoms with van der Waals surface area (Å²) in [5, 5.41) is 12.0. The Bertz CT molecular complexity index is 705. The lowest BCUT2D eigenvalue weighted by Crippen LogP contribution is -2.14. The number of aromatic nitrogens is 4. The fourth-order valence-corrected chi connectivity index (χ4v) is 2.73. The van der Waals surface area contributed by atoms with Crippen LogP contribution in [0.2, 0.25) is 0 Å². The van der Waals surface area contributed by atoms with Gasteiger partial charge in [-0.05, 0) is 25.5 Å². The summed E-state index contributed by atoms with van der Waals surface area (Å²) >= 11 is 0. The van der Waals surface area contributed by atoms with E-state index in [-0.39, 0.29) is 0 Å². The van der Waals surface area contributed by atoms with Crippen LogP contribution in [0.3, 0.4) is 0 Å². The summed E-state index contributed by atoms with van der Waals surface area (Å²) in [6, 6.07) is 8.53. The van der Waals surface area contributed by atoms with Crippen LogP contribution in [0.15, 0.2) is 30.5 Å². The van der Waals surface area contributed by atoms with Crippen LogP contribution in [0.25, 0.3) is 22.3 Å². The smallest absolute Gasteiger partial charge is 0.183 e. The number of hydrogen-bond acceptors (Lipinski definition) is 3. The number of nitrogens with zero attached hydrogens (tertiary/aromatic N) is 2. The van der Waals surface area contributed by atoms with Crippen molar-refractivity contribution in [2.24, 2.45) is 0 Å². The van der Waals surface area contributed by atoms with Crippen LogP contribution in [0.4, 0.5) is 0 Å². The highest BCUT2D eigenvalue weighted by Gasteiger charge is 2.20. The average Bonchev–Trinajstić information content (AvgIpc) is 3.18. The molecular formula is C14H15N5. The minimum absolute atomic E-state index is 0.325. The summed E-state index contributed by atoms with van der Waals surface area (Å²) in [6.07, 6.45) is 4.30. The Labute approximate surface area is 110 Å². The standard InChI is InChI=1S/C14H15N5/c1-2-5-11-9(4-1)10(8-16-11)13-17-14(19-18-13)12-6-3-7-15-12/h1-2,4-5,8,12,15-16H,3,6-7H2,(H,17,18,19)/t12-/m1/s1. The highest BCUT2D eigenvalue weighted by Crippen LogP contribution is 2.27. The first-order chi connectivity index (χ1) is 9.42. The van der Waals surface area contributed by atoms with E-state index in [9.17, 15) is 0 Å². The molecule has 0 spiro atoms. The zero-order chi connectivity index (χ0) is 12.7. The molecule has 2 aromatic heterocycles. The Kier molecular flexibility index (Phi) is 2.38. The maximum Gasteiger partial charge on any atom is 0.183 e. The first-order valence-corrected chi connectivity index (χ1v) is 6.64. The second-order valence-corrected chi connectivity index (χ2v) is 4.94. The van der Waals surface area contributed by atoms with Crippen molar-refractivity contribution in [1.29, 1.82) is 0 Å². The van der Waals surface area contributed by atoms with E-state index in [1.807, 2.05) is 18.3 Å². The van der Waals surface area contributed by atoms with Crippen LogP contribution < -0.4 is 5.32 Å². The molecule has 0 aliphatic carbocycles. The van der Waals surface area contributed by atoms with Crippen molar-refractivity contribution >= 4 is 10.9 Å². The van der Waals surface area contributed by atoms with Crippen molar-refractivity contribution in [2.45, 2.75) is 18.9 Å². The van der Waals surface area contributed by atoms with Crippen LogP contribution in [0, 0.1) is 0 Å². The monoisotopic (exact) mass is 253 g/mol. The molecule has 3 N–H and O–H groups in total. The van der Waals surface area contributed by atoms with E-state index in [1.165, 1.54) is 6.42 Å². The topological polar surface area (TPSA) is 69.4 Å². The number of fused-ring (bicyclic) bond motifs is 1. The number of rotatable bonds is 2. The molecule has 1 fully saturated rings. The quantitative estimate of drug-likeness (QED) is 0.656. The van der Waals surface area contributed by atoms with Crippen LogP contribution in [-0.4, -0.2) is 26.7 Å². The summed E-state index contributed by atoms with van der Waals surface area (Å²) in [5.41, 5.74) is 2.17. The molecule has 1 saturated heterocycles. The second kappa shape index (κ2) is 4.20. The molecule has 5 heteroatoms. The molecular weight excluding hydrogens is 238 g/mol. The van der Waals surface area contributed by atoms with Gasteiger partial charge in [0, 0.05) is 22.7 Å². The fraction of sp³-hybridized carbons (Fsp3) is 0.286.